The molecule has 37 heavy (non-hydrogen) atoms. The van der Waals surface area contributed by atoms with Gasteiger partial charge in [0.05, 0.1) is 27.5 Å². The zero-order valence-corrected chi connectivity index (χ0v) is 23.6. The number of carbonyl (C=O) groups excluding carboxylic acids is 2. The van der Waals surface area contributed by atoms with Gasteiger partial charge in [0.2, 0.25) is 0 Å². The molecular formula is C27H37ClN2O7. The Balaban J connectivity index is 0.000000856. The quantitative estimate of drug-likeness (QED) is 0.186. The summed E-state index contributed by atoms with van der Waals surface area (Å²) < 4.78 is 20.3. The van der Waals surface area contributed by atoms with Gasteiger partial charge in [-0.15, -0.1) is 0 Å². The molecule has 0 amide bonds. The molecule has 1 unspecified atom stereocenters. The standard InChI is InChI=1S/C22H27ClN2O5.C5H10O2/c1-22(2,3)30-24-13-14-9-16(12-17(10-14)27-4)25-20(21(26)29-6)18-8-7-15(23)11-19(18)28-5;1-5(2,3)7-4-6/h7-13,20,25H,1-6H3;4H,1-3H3/b24-13+;. The number of esters is 1. The first-order valence-corrected chi connectivity index (χ1v) is 11.8. The maximum absolute atomic E-state index is 12.5. The fraction of sp³-hybridized carbons (Fsp3) is 0.444. The summed E-state index contributed by atoms with van der Waals surface area (Å²) in [7, 11) is 4.40. The van der Waals surface area contributed by atoms with Crippen molar-refractivity contribution < 1.29 is 33.4 Å². The van der Waals surface area contributed by atoms with Crippen molar-refractivity contribution in [3.05, 3.63) is 52.5 Å². The van der Waals surface area contributed by atoms with Crippen LogP contribution in [0.15, 0.2) is 41.6 Å². The van der Waals surface area contributed by atoms with Gasteiger partial charge in [-0.05, 0) is 65.8 Å². The highest BCUT2D eigenvalue weighted by Gasteiger charge is 2.25. The van der Waals surface area contributed by atoms with Crippen molar-refractivity contribution in [3.8, 4) is 11.5 Å². The number of ether oxygens (including phenoxy) is 4. The van der Waals surface area contributed by atoms with E-state index in [1.165, 1.54) is 14.2 Å². The zero-order chi connectivity index (χ0) is 28.2. The van der Waals surface area contributed by atoms with Crippen molar-refractivity contribution in [2.24, 2.45) is 5.16 Å². The van der Waals surface area contributed by atoms with Crippen molar-refractivity contribution >= 4 is 35.9 Å². The molecule has 0 saturated heterocycles. The monoisotopic (exact) mass is 536 g/mol. The van der Waals surface area contributed by atoms with E-state index in [2.05, 4.69) is 15.2 Å². The van der Waals surface area contributed by atoms with Crippen molar-refractivity contribution in [1.29, 1.82) is 0 Å². The van der Waals surface area contributed by atoms with E-state index in [0.717, 1.165) is 5.56 Å². The largest absolute Gasteiger partial charge is 0.497 e. The van der Waals surface area contributed by atoms with Crippen LogP contribution >= 0.6 is 11.6 Å². The molecule has 0 saturated carbocycles. The molecule has 204 valence electrons. The van der Waals surface area contributed by atoms with Gasteiger partial charge in [0.1, 0.15) is 22.7 Å². The van der Waals surface area contributed by atoms with Gasteiger partial charge in [-0.1, -0.05) is 22.8 Å². The first-order valence-electron chi connectivity index (χ1n) is 11.4. The van der Waals surface area contributed by atoms with Crippen LogP contribution in [0.25, 0.3) is 0 Å². The molecular weight excluding hydrogens is 500 g/mol. The van der Waals surface area contributed by atoms with E-state index >= 15 is 0 Å². The molecule has 10 heteroatoms. The molecule has 0 spiro atoms. The average molecular weight is 537 g/mol. The van der Waals surface area contributed by atoms with E-state index in [9.17, 15) is 9.59 Å². The minimum Gasteiger partial charge on any atom is -0.497 e. The number of rotatable bonds is 9. The molecule has 1 atom stereocenters. The van der Waals surface area contributed by atoms with E-state index in [1.54, 1.807) is 43.7 Å². The molecule has 0 bridgehead atoms. The Bertz CT molecular complexity index is 1060. The van der Waals surface area contributed by atoms with Gasteiger partial charge in [0.25, 0.3) is 6.47 Å². The number of halogens is 1. The second-order valence-electron chi connectivity index (χ2n) is 9.75. The highest BCUT2D eigenvalue weighted by molar-refractivity contribution is 6.30. The van der Waals surface area contributed by atoms with Crippen molar-refractivity contribution in [3.63, 3.8) is 0 Å². The van der Waals surface area contributed by atoms with Crippen LogP contribution in [0.3, 0.4) is 0 Å². The lowest BCUT2D eigenvalue weighted by Crippen LogP contribution is -2.23. The van der Waals surface area contributed by atoms with Crippen molar-refractivity contribution in [2.75, 3.05) is 26.6 Å². The second-order valence-corrected chi connectivity index (χ2v) is 10.2. The van der Waals surface area contributed by atoms with Gasteiger partial charge in [0, 0.05) is 27.9 Å². The molecule has 2 aromatic carbocycles. The third-order valence-corrected chi connectivity index (χ3v) is 4.58. The summed E-state index contributed by atoms with van der Waals surface area (Å²) in [6.07, 6.45) is 1.58. The summed E-state index contributed by atoms with van der Waals surface area (Å²) in [6, 6.07) is 9.60. The lowest BCUT2D eigenvalue weighted by atomic mass is 10.0. The van der Waals surface area contributed by atoms with Gasteiger partial charge in [-0.3, -0.25) is 4.79 Å². The Kier molecular flexibility index (Phi) is 12.2. The number of carbonyl (C=O) groups is 2. The Labute approximate surface area is 224 Å². The van der Waals surface area contributed by atoms with Crippen molar-refractivity contribution in [2.45, 2.75) is 58.8 Å². The predicted octanol–water partition coefficient (Wildman–Crippen LogP) is 5.79. The number of hydrogen-bond donors (Lipinski definition) is 1. The molecule has 0 heterocycles. The summed E-state index contributed by atoms with van der Waals surface area (Å²) >= 11 is 6.06. The number of oxime groups is 1. The van der Waals surface area contributed by atoms with Gasteiger partial charge in [-0.2, -0.15) is 0 Å². The molecule has 0 radical (unpaired) electrons. The average Bonchev–Trinajstić information content (AvgIpc) is 2.80. The summed E-state index contributed by atoms with van der Waals surface area (Å²) in [4.78, 5) is 27.5. The summed E-state index contributed by atoms with van der Waals surface area (Å²) in [5.74, 6) is 0.572. The van der Waals surface area contributed by atoms with Gasteiger partial charge < -0.3 is 29.1 Å². The van der Waals surface area contributed by atoms with Crippen LogP contribution in [0, 0.1) is 0 Å². The third-order valence-electron chi connectivity index (χ3n) is 4.35. The second kappa shape index (κ2) is 14.3. The first kappa shape index (κ1) is 31.6. The molecule has 1 N–H and O–H groups in total. The maximum Gasteiger partial charge on any atom is 0.333 e. The Hall–Kier alpha value is -3.46. The van der Waals surface area contributed by atoms with Crippen LogP contribution in [0.1, 0.15) is 58.7 Å². The fourth-order valence-corrected chi connectivity index (χ4v) is 2.92. The van der Waals surface area contributed by atoms with E-state index in [4.69, 9.17) is 30.6 Å². The minimum atomic E-state index is -0.829. The fourth-order valence-electron chi connectivity index (χ4n) is 2.76. The molecule has 0 aromatic heterocycles. The summed E-state index contributed by atoms with van der Waals surface area (Å²) in [6.45, 7) is 11.6. The lowest BCUT2D eigenvalue weighted by Gasteiger charge is -2.21. The Morgan fingerprint density at radius 2 is 1.65 bits per heavy atom. The van der Waals surface area contributed by atoms with Crippen LogP contribution in [0.5, 0.6) is 11.5 Å². The van der Waals surface area contributed by atoms with E-state index in [0.29, 0.717) is 34.2 Å². The molecule has 0 aliphatic heterocycles. The van der Waals surface area contributed by atoms with Gasteiger partial charge in [-0.25, -0.2) is 4.79 Å². The number of methoxy groups -OCH3 is 3. The van der Waals surface area contributed by atoms with E-state index in [1.807, 2.05) is 47.6 Å². The number of benzene rings is 2. The zero-order valence-electron chi connectivity index (χ0n) is 22.9. The van der Waals surface area contributed by atoms with Crippen LogP contribution in [-0.4, -0.2) is 51.2 Å². The summed E-state index contributed by atoms with van der Waals surface area (Å²) in [5.41, 5.74) is 1.22. The van der Waals surface area contributed by atoms with Crippen LogP contribution in [0.4, 0.5) is 5.69 Å². The van der Waals surface area contributed by atoms with Crippen LogP contribution < -0.4 is 14.8 Å². The van der Waals surface area contributed by atoms with Crippen molar-refractivity contribution in [1.82, 2.24) is 0 Å². The molecule has 2 rings (SSSR count). The first-order chi connectivity index (χ1) is 17.2. The molecule has 9 nitrogen and oxygen atoms in total. The third kappa shape index (κ3) is 11.9. The number of hydrogen-bond acceptors (Lipinski definition) is 9. The number of anilines is 1. The van der Waals surface area contributed by atoms with E-state index < -0.39 is 17.6 Å². The van der Waals surface area contributed by atoms with Crippen LogP contribution in [0.2, 0.25) is 5.02 Å². The smallest absolute Gasteiger partial charge is 0.333 e. The SMILES string of the molecule is CC(C)(C)OC=O.COC(=O)C(Nc1cc(/C=N/OC(C)(C)C)cc(OC)c1)c1ccc(Cl)cc1OC. The number of nitrogens with zero attached hydrogens (tertiary/aromatic N) is 1. The molecule has 0 aliphatic carbocycles. The van der Waals surface area contributed by atoms with Gasteiger partial charge >= 0.3 is 5.97 Å². The number of nitrogens with one attached hydrogen (secondary N) is 1. The van der Waals surface area contributed by atoms with Gasteiger partial charge in [0.15, 0.2) is 6.04 Å². The predicted molar refractivity (Wildman–Crippen MR) is 145 cm³/mol. The normalized spacial score (nSPS) is 12.1. The highest BCUT2D eigenvalue weighted by Crippen LogP contribution is 2.32. The molecule has 2 aromatic rings. The highest BCUT2D eigenvalue weighted by atomic mass is 35.5. The minimum absolute atomic E-state index is 0.318. The topological polar surface area (TPSA) is 105 Å². The van der Waals surface area contributed by atoms with Crippen LogP contribution in [-0.2, 0) is 23.9 Å². The summed E-state index contributed by atoms with van der Waals surface area (Å²) in [5, 5.41) is 7.70. The Morgan fingerprint density at radius 3 is 2.14 bits per heavy atom. The Morgan fingerprint density at radius 1 is 0.973 bits per heavy atom. The molecule has 0 fully saturated rings. The van der Waals surface area contributed by atoms with E-state index in [-0.39, 0.29) is 5.60 Å². The molecule has 0 aliphatic rings. The lowest BCUT2D eigenvalue weighted by molar-refractivity contribution is -0.142. The maximum atomic E-state index is 12.5.